The SMILES string of the molecule is Cc1ccc(Cl)cc1NC(=O)[C@@H]1CCCN(C(=O)C(C)(C)C)C1. The van der Waals surface area contributed by atoms with Crippen LogP contribution in [0.1, 0.15) is 39.2 Å². The highest BCUT2D eigenvalue weighted by Crippen LogP contribution is 2.26. The monoisotopic (exact) mass is 336 g/mol. The number of anilines is 1. The summed E-state index contributed by atoms with van der Waals surface area (Å²) in [6, 6.07) is 5.45. The molecule has 1 heterocycles. The molecule has 1 aliphatic rings. The average molecular weight is 337 g/mol. The first-order valence-corrected chi connectivity index (χ1v) is 8.42. The molecule has 2 rings (SSSR count). The number of halogens is 1. The molecule has 1 saturated heterocycles. The van der Waals surface area contributed by atoms with Crippen LogP contribution in [-0.2, 0) is 9.59 Å². The van der Waals surface area contributed by atoms with Crippen molar-refractivity contribution in [2.45, 2.75) is 40.5 Å². The van der Waals surface area contributed by atoms with Crippen LogP contribution in [0.3, 0.4) is 0 Å². The molecule has 1 aliphatic heterocycles. The fourth-order valence-electron chi connectivity index (χ4n) is 2.81. The molecular weight excluding hydrogens is 312 g/mol. The summed E-state index contributed by atoms with van der Waals surface area (Å²) in [5.74, 6) is -0.107. The van der Waals surface area contributed by atoms with Crippen LogP contribution in [0.25, 0.3) is 0 Å². The van der Waals surface area contributed by atoms with Crippen LogP contribution in [0.5, 0.6) is 0 Å². The number of amides is 2. The first kappa shape index (κ1) is 17.8. The van der Waals surface area contributed by atoms with Crippen LogP contribution < -0.4 is 5.32 Å². The molecule has 0 spiro atoms. The second-order valence-electron chi connectivity index (χ2n) is 7.29. The molecule has 0 aliphatic carbocycles. The van der Waals surface area contributed by atoms with Gasteiger partial charge >= 0.3 is 0 Å². The predicted octanol–water partition coefficient (Wildman–Crippen LogP) is 3.87. The van der Waals surface area contributed by atoms with Gasteiger partial charge in [-0.25, -0.2) is 0 Å². The van der Waals surface area contributed by atoms with Crippen molar-refractivity contribution in [3.05, 3.63) is 28.8 Å². The Balaban J connectivity index is 2.05. The van der Waals surface area contributed by atoms with E-state index in [0.717, 1.165) is 30.6 Å². The molecule has 126 valence electrons. The molecule has 1 fully saturated rings. The minimum Gasteiger partial charge on any atom is -0.341 e. The highest BCUT2D eigenvalue weighted by molar-refractivity contribution is 6.31. The molecule has 2 amide bonds. The van der Waals surface area contributed by atoms with Gasteiger partial charge in [-0.3, -0.25) is 9.59 Å². The van der Waals surface area contributed by atoms with Crippen molar-refractivity contribution < 1.29 is 9.59 Å². The van der Waals surface area contributed by atoms with Crippen molar-refractivity contribution >= 4 is 29.1 Å². The number of carbonyl (C=O) groups is 2. The van der Waals surface area contributed by atoms with Gasteiger partial charge in [0.2, 0.25) is 11.8 Å². The van der Waals surface area contributed by atoms with Gasteiger partial charge in [-0.15, -0.1) is 0 Å². The molecule has 0 radical (unpaired) electrons. The van der Waals surface area contributed by atoms with E-state index >= 15 is 0 Å². The van der Waals surface area contributed by atoms with E-state index in [4.69, 9.17) is 11.6 Å². The predicted molar refractivity (Wildman–Crippen MR) is 93.6 cm³/mol. The van der Waals surface area contributed by atoms with Gasteiger partial charge < -0.3 is 10.2 Å². The largest absolute Gasteiger partial charge is 0.341 e. The first-order valence-electron chi connectivity index (χ1n) is 8.05. The maximum atomic E-state index is 12.6. The molecule has 0 saturated carbocycles. The molecule has 0 aromatic heterocycles. The highest BCUT2D eigenvalue weighted by Gasteiger charge is 2.33. The third kappa shape index (κ3) is 4.47. The average Bonchev–Trinajstić information content (AvgIpc) is 2.49. The summed E-state index contributed by atoms with van der Waals surface area (Å²) in [6.07, 6.45) is 1.66. The lowest BCUT2D eigenvalue weighted by molar-refractivity contribution is -0.142. The minimum absolute atomic E-state index is 0.0400. The lowest BCUT2D eigenvalue weighted by Gasteiger charge is -2.36. The van der Waals surface area contributed by atoms with E-state index < -0.39 is 5.41 Å². The number of nitrogens with zero attached hydrogens (tertiary/aromatic N) is 1. The van der Waals surface area contributed by atoms with Crippen LogP contribution >= 0.6 is 11.6 Å². The Kier molecular flexibility index (Phi) is 5.35. The standard InChI is InChI=1S/C18H25ClN2O2/c1-12-7-8-14(19)10-15(12)20-16(22)13-6-5-9-21(11-13)17(23)18(2,3)4/h7-8,10,13H,5-6,9,11H2,1-4H3,(H,20,22)/t13-/m1/s1. The van der Waals surface area contributed by atoms with E-state index in [-0.39, 0.29) is 17.7 Å². The topological polar surface area (TPSA) is 49.4 Å². The quantitative estimate of drug-likeness (QED) is 0.891. The van der Waals surface area contributed by atoms with Gasteiger partial charge in [-0.1, -0.05) is 38.4 Å². The van der Waals surface area contributed by atoms with E-state index in [1.807, 2.05) is 38.7 Å². The smallest absolute Gasteiger partial charge is 0.229 e. The highest BCUT2D eigenvalue weighted by atomic mass is 35.5. The normalized spacial score (nSPS) is 18.7. The Morgan fingerprint density at radius 3 is 2.65 bits per heavy atom. The number of rotatable bonds is 2. The maximum absolute atomic E-state index is 12.6. The Morgan fingerprint density at radius 2 is 2.00 bits per heavy atom. The molecule has 1 atom stereocenters. The summed E-state index contributed by atoms with van der Waals surface area (Å²) in [7, 11) is 0. The van der Waals surface area contributed by atoms with Gasteiger partial charge in [-0.2, -0.15) is 0 Å². The number of hydrogen-bond donors (Lipinski definition) is 1. The van der Waals surface area contributed by atoms with E-state index in [1.165, 1.54) is 0 Å². The molecule has 1 aromatic carbocycles. The Morgan fingerprint density at radius 1 is 1.30 bits per heavy atom. The van der Waals surface area contributed by atoms with E-state index in [9.17, 15) is 9.59 Å². The lowest BCUT2D eigenvalue weighted by Crippen LogP contribution is -2.47. The van der Waals surface area contributed by atoms with E-state index in [2.05, 4.69) is 5.32 Å². The summed E-state index contributed by atoms with van der Waals surface area (Å²) in [5, 5.41) is 3.55. The zero-order valence-corrected chi connectivity index (χ0v) is 15.0. The number of carbonyl (C=O) groups excluding carboxylic acids is 2. The van der Waals surface area contributed by atoms with Crippen LogP contribution in [0, 0.1) is 18.3 Å². The number of hydrogen-bond acceptors (Lipinski definition) is 2. The van der Waals surface area contributed by atoms with Gasteiger partial charge in [-0.05, 0) is 37.5 Å². The van der Waals surface area contributed by atoms with Crippen molar-refractivity contribution in [1.82, 2.24) is 4.90 Å². The van der Waals surface area contributed by atoms with Gasteiger partial charge in [0.1, 0.15) is 0 Å². The second-order valence-corrected chi connectivity index (χ2v) is 7.73. The maximum Gasteiger partial charge on any atom is 0.229 e. The number of likely N-dealkylation sites (tertiary alicyclic amines) is 1. The summed E-state index contributed by atoms with van der Waals surface area (Å²) >= 11 is 6.00. The van der Waals surface area contributed by atoms with Crippen molar-refractivity contribution in [2.24, 2.45) is 11.3 Å². The van der Waals surface area contributed by atoms with E-state index in [0.29, 0.717) is 11.6 Å². The second kappa shape index (κ2) is 6.91. The molecule has 1 N–H and O–H groups in total. The first-order chi connectivity index (χ1) is 10.7. The summed E-state index contributed by atoms with van der Waals surface area (Å²) in [6.45, 7) is 8.89. The Bertz CT molecular complexity index is 608. The molecule has 23 heavy (non-hydrogen) atoms. The third-order valence-corrected chi connectivity index (χ3v) is 4.41. The number of piperidine rings is 1. The van der Waals surface area contributed by atoms with Gasteiger partial charge in [0.15, 0.2) is 0 Å². The van der Waals surface area contributed by atoms with Gasteiger partial charge in [0, 0.05) is 29.2 Å². The van der Waals surface area contributed by atoms with Crippen LogP contribution in [0.15, 0.2) is 18.2 Å². The molecule has 4 nitrogen and oxygen atoms in total. The summed E-state index contributed by atoms with van der Waals surface area (Å²) in [4.78, 5) is 26.8. The molecule has 1 aromatic rings. The number of aryl methyl sites for hydroxylation is 1. The van der Waals surface area contributed by atoms with Gasteiger partial charge in [0.05, 0.1) is 5.92 Å². The Hall–Kier alpha value is -1.55. The van der Waals surface area contributed by atoms with Crippen LogP contribution in [-0.4, -0.2) is 29.8 Å². The number of benzene rings is 1. The van der Waals surface area contributed by atoms with Crippen molar-refractivity contribution in [1.29, 1.82) is 0 Å². The third-order valence-electron chi connectivity index (χ3n) is 4.18. The summed E-state index contributed by atoms with van der Waals surface area (Å²) < 4.78 is 0. The van der Waals surface area contributed by atoms with E-state index in [1.54, 1.807) is 12.1 Å². The molecule has 0 bridgehead atoms. The van der Waals surface area contributed by atoms with Crippen LogP contribution in [0.4, 0.5) is 5.69 Å². The zero-order chi connectivity index (χ0) is 17.2. The van der Waals surface area contributed by atoms with Crippen molar-refractivity contribution in [2.75, 3.05) is 18.4 Å². The number of nitrogens with one attached hydrogen (secondary N) is 1. The minimum atomic E-state index is -0.415. The van der Waals surface area contributed by atoms with Crippen LogP contribution in [0.2, 0.25) is 5.02 Å². The van der Waals surface area contributed by atoms with Crippen molar-refractivity contribution in [3.63, 3.8) is 0 Å². The molecule has 0 unspecified atom stereocenters. The van der Waals surface area contributed by atoms with Crippen molar-refractivity contribution in [3.8, 4) is 0 Å². The molecule has 5 heteroatoms. The molecular formula is C18H25ClN2O2. The Labute approximate surface area is 143 Å². The lowest BCUT2D eigenvalue weighted by atomic mass is 9.91. The van der Waals surface area contributed by atoms with Gasteiger partial charge in [0.25, 0.3) is 0 Å². The fraction of sp³-hybridized carbons (Fsp3) is 0.556. The summed E-state index contributed by atoms with van der Waals surface area (Å²) in [5.41, 5.74) is 1.30. The zero-order valence-electron chi connectivity index (χ0n) is 14.3. The fourth-order valence-corrected chi connectivity index (χ4v) is 2.99.